The molecule has 2 aromatic rings. The number of hydrogen-bond donors (Lipinski definition) is 2. The van der Waals surface area contributed by atoms with Crippen molar-refractivity contribution in [1.29, 1.82) is 0 Å². The van der Waals surface area contributed by atoms with E-state index in [1.54, 1.807) is 34.0 Å². The van der Waals surface area contributed by atoms with Crippen LogP contribution in [-0.4, -0.2) is 44.8 Å². The molecule has 2 heterocycles. The van der Waals surface area contributed by atoms with Gasteiger partial charge >= 0.3 is 6.03 Å². The molecule has 0 radical (unpaired) electrons. The minimum absolute atomic E-state index is 0.0261. The highest BCUT2D eigenvalue weighted by molar-refractivity contribution is 5.74. The van der Waals surface area contributed by atoms with Crippen molar-refractivity contribution in [2.75, 3.05) is 13.2 Å². The van der Waals surface area contributed by atoms with Gasteiger partial charge in [0, 0.05) is 25.5 Å². The van der Waals surface area contributed by atoms with Gasteiger partial charge in [0.15, 0.2) is 0 Å². The first-order valence-electron chi connectivity index (χ1n) is 7.61. The van der Waals surface area contributed by atoms with Gasteiger partial charge in [-0.25, -0.2) is 14.2 Å². The molecule has 1 unspecified atom stereocenters. The fourth-order valence-corrected chi connectivity index (χ4v) is 2.84. The maximum Gasteiger partial charge on any atom is 0.317 e. The number of carbonyl (C=O) groups is 1. The number of aliphatic hydroxyl groups is 1. The number of imidazole rings is 1. The van der Waals surface area contributed by atoms with Crippen LogP contribution in [0.3, 0.4) is 0 Å². The van der Waals surface area contributed by atoms with Gasteiger partial charge in [-0.3, -0.25) is 0 Å². The first-order valence-corrected chi connectivity index (χ1v) is 7.61. The molecule has 23 heavy (non-hydrogen) atoms. The highest BCUT2D eigenvalue weighted by atomic mass is 19.1. The van der Waals surface area contributed by atoms with Gasteiger partial charge in [0.2, 0.25) is 0 Å². The molecule has 0 bridgehead atoms. The van der Waals surface area contributed by atoms with Gasteiger partial charge in [-0.1, -0.05) is 6.07 Å². The third-order valence-electron chi connectivity index (χ3n) is 4.09. The Morgan fingerprint density at radius 1 is 1.48 bits per heavy atom. The molecular weight excluding hydrogens is 299 g/mol. The van der Waals surface area contributed by atoms with Crippen molar-refractivity contribution >= 4 is 6.03 Å². The van der Waals surface area contributed by atoms with Gasteiger partial charge in [-0.2, -0.15) is 0 Å². The molecular formula is C16H19FN4O2. The number of rotatable bonds is 4. The Kier molecular flexibility index (Phi) is 4.57. The first-order chi connectivity index (χ1) is 11.2. The van der Waals surface area contributed by atoms with Gasteiger partial charge < -0.3 is 19.9 Å². The summed E-state index contributed by atoms with van der Waals surface area (Å²) in [5.41, 5.74) is 1.09. The van der Waals surface area contributed by atoms with Gasteiger partial charge in [-0.15, -0.1) is 0 Å². The summed E-state index contributed by atoms with van der Waals surface area (Å²) in [4.78, 5) is 17.7. The third kappa shape index (κ3) is 3.34. The molecule has 122 valence electrons. The lowest BCUT2D eigenvalue weighted by molar-refractivity contribution is 0.157. The van der Waals surface area contributed by atoms with Crippen LogP contribution in [-0.2, 0) is 6.54 Å². The minimum Gasteiger partial charge on any atom is -0.394 e. The number of urea groups is 1. The van der Waals surface area contributed by atoms with E-state index in [1.807, 2.05) is 0 Å². The van der Waals surface area contributed by atoms with E-state index in [-0.39, 0.29) is 31.0 Å². The Balaban J connectivity index is 1.62. The van der Waals surface area contributed by atoms with Crippen LogP contribution < -0.4 is 5.32 Å². The van der Waals surface area contributed by atoms with Gasteiger partial charge in [0.25, 0.3) is 0 Å². The maximum absolute atomic E-state index is 14.2. The summed E-state index contributed by atoms with van der Waals surface area (Å²) in [6, 6.07) is 4.50. The predicted octanol–water partition coefficient (Wildman–Crippen LogP) is 1.68. The Hall–Kier alpha value is -2.41. The number of amides is 2. The molecule has 0 spiro atoms. The number of likely N-dealkylation sites (tertiary alicyclic amines) is 1. The summed E-state index contributed by atoms with van der Waals surface area (Å²) in [5, 5.41) is 12.0. The Labute approximate surface area is 133 Å². The molecule has 1 saturated heterocycles. The maximum atomic E-state index is 14.2. The van der Waals surface area contributed by atoms with Crippen LogP contribution in [0.25, 0.3) is 5.69 Å². The molecule has 7 heteroatoms. The largest absolute Gasteiger partial charge is 0.394 e. The lowest BCUT2D eigenvalue weighted by atomic mass is 10.2. The van der Waals surface area contributed by atoms with Crippen molar-refractivity contribution in [2.24, 2.45) is 0 Å². The zero-order valence-corrected chi connectivity index (χ0v) is 12.7. The molecule has 0 aliphatic carbocycles. The zero-order chi connectivity index (χ0) is 16.2. The second-order valence-electron chi connectivity index (χ2n) is 5.59. The molecule has 2 N–H and O–H groups in total. The first kappa shape index (κ1) is 15.5. The average molecular weight is 318 g/mol. The number of hydrogen-bond acceptors (Lipinski definition) is 3. The van der Waals surface area contributed by atoms with E-state index in [1.165, 1.54) is 12.4 Å². The smallest absolute Gasteiger partial charge is 0.317 e. The highest BCUT2D eigenvalue weighted by Crippen LogP contribution is 2.17. The molecule has 1 aliphatic rings. The second-order valence-corrected chi connectivity index (χ2v) is 5.59. The minimum atomic E-state index is -0.371. The van der Waals surface area contributed by atoms with E-state index >= 15 is 0 Å². The van der Waals surface area contributed by atoms with E-state index in [4.69, 9.17) is 0 Å². The predicted molar refractivity (Wildman–Crippen MR) is 82.6 cm³/mol. The molecule has 6 nitrogen and oxygen atoms in total. The Bertz CT molecular complexity index is 675. The van der Waals surface area contributed by atoms with E-state index in [0.717, 1.165) is 12.8 Å². The van der Waals surface area contributed by atoms with Crippen LogP contribution in [0.2, 0.25) is 0 Å². The van der Waals surface area contributed by atoms with E-state index in [2.05, 4.69) is 10.3 Å². The lowest BCUT2D eigenvalue weighted by Gasteiger charge is -2.23. The fourth-order valence-electron chi connectivity index (χ4n) is 2.84. The molecule has 1 fully saturated rings. The third-order valence-corrected chi connectivity index (χ3v) is 4.09. The lowest BCUT2D eigenvalue weighted by Crippen LogP contribution is -2.43. The quantitative estimate of drug-likeness (QED) is 0.901. The number of nitrogens with one attached hydrogen (secondary N) is 1. The number of aromatic nitrogens is 2. The van der Waals surface area contributed by atoms with Crippen LogP contribution in [0.1, 0.15) is 18.4 Å². The molecule has 3 rings (SSSR count). The molecule has 2 amide bonds. The SMILES string of the molecule is O=C(NCc1ccc(-n2ccnc2)c(F)c1)N1CCCC1CO. The van der Waals surface area contributed by atoms with Gasteiger partial charge in [0.05, 0.1) is 24.7 Å². The zero-order valence-electron chi connectivity index (χ0n) is 12.7. The number of benzene rings is 1. The summed E-state index contributed by atoms with van der Waals surface area (Å²) in [5.74, 6) is -0.371. The second kappa shape index (κ2) is 6.78. The summed E-state index contributed by atoms with van der Waals surface area (Å²) < 4.78 is 15.7. The molecule has 1 aromatic heterocycles. The summed E-state index contributed by atoms with van der Waals surface area (Å²) in [6.07, 6.45) is 6.50. The fraction of sp³-hybridized carbons (Fsp3) is 0.375. The van der Waals surface area contributed by atoms with Crippen molar-refractivity contribution in [3.05, 3.63) is 48.3 Å². The molecule has 1 atom stereocenters. The average Bonchev–Trinajstić information content (AvgIpc) is 3.23. The summed E-state index contributed by atoms with van der Waals surface area (Å²) >= 11 is 0. The van der Waals surface area contributed by atoms with E-state index < -0.39 is 0 Å². The van der Waals surface area contributed by atoms with Crippen LogP contribution in [0.15, 0.2) is 36.9 Å². The van der Waals surface area contributed by atoms with Crippen molar-refractivity contribution in [2.45, 2.75) is 25.4 Å². The van der Waals surface area contributed by atoms with Crippen molar-refractivity contribution < 1.29 is 14.3 Å². The molecule has 1 aliphatic heterocycles. The highest BCUT2D eigenvalue weighted by Gasteiger charge is 2.27. The number of nitrogens with zero attached hydrogens (tertiary/aromatic N) is 3. The molecule has 1 aromatic carbocycles. The summed E-state index contributed by atoms with van der Waals surface area (Å²) in [7, 11) is 0. The molecule has 0 saturated carbocycles. The topological polar surface area (TPSA) is 70.4 Å². The summed E-state index contributed by atoms with van der Waals surface area (Å²) in [6.45, 7) is 0.862. The van der Waals surface area contributed by atoms with Gasteiger partial charge in [0.1, 0.15) is 5.82 Å². The normalized spacial score (nSPS) is 17.5. The van der Waals surface area contributed by atoms with Crippen LogP contribution in [0, 0.1) is 5.82 Å². The van der Waals surface area contributed by atoms with E-state index in [0.29, 0.717) is 17.8 Å². The number of carbonyl (C=O) groups excluding carboxylic acids is 1. The van der Waals surface area contributed by atoms with Crippen molar-refractivity contribution in [3.63, 3.8) is 0 Å². The standard InChI is InChI=1S/C16H19FN4O2/c17-14-8-12(3-4-15(14)20-7-5-18-11-20)9-19-16(23)21-6-1-2-13(21)10-22/h3-5,7-8,11,13,22H,1-2,6,9-10H2,(H,19,23). The number of aliphatic hydroxyl groups excluding tert-OH is 1. The number of halogens is 1. The van der Waals surface area contributed by atoms with Gasteiger partial charge in [-0.05, 0) is 30.5 Å². The van der Waals surface area contributed by atoms with Crippen LogP contribution >= 0.6 is 0 Å². The van der Waals surface area contributed by atoms with E-state index in [9.17, 15) is 14.3 Å². The monoisotopic (exact) mass is 318 g/mol. The Morgan fingerprint density at radius 2 is 2.35 bits per heavy atom. The van der Waals surface area contributed by atoms with Crippen LogP contribution in [0.4, 0.5) is 9.18 Å². The van der Waals surface area contributed by atoms with Crippen molar-refractivity contribution in [1.82, 2.24) is 19.8 Å². The van der Waals surface area contributed by atoms with Crippen molar-refractivity contribution in [3.8, 4) is 5.69 Å². The Morgan fingerprint density at radius 3 is 3.04 bits per heavy atom. The van der Waals surface area contributed by atoms with Crippen LogP contribution in [0.5, 0.6) is 0 Å².